The molecular formula is C14H22N2O2. The molecule has 1 aliphatic heterocycles. The van der Waals surface area contributed by atoms with Gasteiger partial charge < -0.3 is 20.1 Å². The lowest BCUT2D eigenvalue weighted by atomic mass is 10.1. The van der Waals surface area contributed by atoms with Crippen molar-refractivity contribution >= 4 is 5.69 Å². The minimum atomic E-state index is 0.347. The summed E-state index contributed by atoms with van der Waals surface area (Å²) in [6.07, 6.45) is 0.942. The summed E-state index contributed by atoms with van der Waals surface area (Å²) in [5.74, 6) is 0.921. The highest BCUT2D eigenvalue weighted by Gasteiger charge is 2.24. The summed E-state index contributed by atoms with van der Waals surface area (Å²) in [6, 6.07) is 6.62. The van der Waals surface area contributed by atoms with Crippen molar-refractivity contribution in [3.05, 3.63) is 23.8 Å². The molecule has 2 rings (SSSR count). The zero-order chi connectivity index (χ0) is 13.0. The van der Waals surface area contributed by atoms with Gasteiger partial charge in [-0.2, -0.15) is 0 Å². The van der Waals surface area contributed by atoms with E-state index in [4.69, 9.17) is 15.2 Å². The van der Waals surface area contributed by atoms with E-state index >= 15 is 0 Å². The fourth-order valence-corrected chi connectivity index (χ4v) is 2.43. The lowest BCUT2D eigenvalue weighted by Gasteiger charge is -2.38. The molecule has 18 heavy (non-hydrogen) atoms. The lowest BCUT2D eigenvalue weighted by Crippen LogP contribution is -2.46. The maximum Gasteiger partial charge on any atom is 0.142 e. The maximum absolute atomic E-state index is 5.69. The number of nitrogens with zero attached hydrogens (tertiary/aromatic N) is 1. The van der Waals surface area contributed by atoms with Crippen LogP contribution in [0.4, 0.5) is 5.69 Å². The number of morpholine rings is 1. The van der Waals surface area contributed by atoms with Crippen LogP contribution in [0.15, 0.2) is 18.2 Å². The van der Waals surface area contributed by atoms with Crippen molar-refractivity contribution < 1.29 is 9.47 Å². The van der Waals surface area contributed by atoms with Gasteiger partial charge in [-0.1, -0.05) is 6.07 Å². The summed E-state index contributed by atoms with van der Waals surface area (Å²) in [4.78, 5) is 2.36. The maximum atomic E-state index is 5.69. The predicted molar refractivity (Wildman–Crippen MR) is 73.4 cm³/mol. The highest BCUT2D eigenvalue weighted by molar-refractivity contribution is 5.61. The Bertz CT molecular complexity index is 393. The van der Waals surface area contributed by atoms with E-state index in [1.165, 1.54) is 5.56 Å². The minimum Gasteiger partial charge on any atom is -0.495 e. The quantitative estimate of drug-likeness (QED) is 0.881. The van der Waals surface area contributed by atoms with Crippen LogP contribution in [0.5, 0.6) is 5.75 Å². The van der Waals surface area contributed by atoms with Gasteiger partial charge in [0, 0.05) is 6.54 Å². The molecule has 4 heteroatoms. The second kappa shape index (κ2) is 6.07. The van der Waals surface area contributed by atoms with Crippen LogP contribution in [0.1, 0.15) is 12.0 Å². The SMILES string of the molecule is COc1ccc(C)cc1N1CCOCC1CCN. The van der Waals surface area contributed by atoms with Crippen molar-refractivity contribution in [2.75, 3.05) is 38.3 Å². The lowest BCUT2D eigenvalue weighted by molar-refractivity contribution is 0.0919. The van der Waals surface area contributed by atoms with E-state index in [-0.39, 0.29) is 0 Å². The van der Waals surface area contributed by atoms with Crippen LogP contribution in [-0.2, 0) is 4.74 Å². The third-order valence-electron chi connectivity index (χ3n) is 3.37. The van der Waals surface area contributed by atoms with E-state index in [2.05, 4.69) is 24.0 Å². The van der Waals surface area contributed by atoms with Gasteiger partial charge in [0.05, 0.1) is 32.1 Å². The van der Waals surface area contributed by atoms with Crippen LogP contribution in [0, 0.1) is 6.92 Å². The molecule has 0 spiro atoms. The summed E-state index contributed by atoms with van der Waals surface area (Å²) in [5, 5.41) is 0. The normalized spacial score (nSPS) is 19.9. The van der Waals surface area contributed by atoms with Crippen molar-refractivity contribution in [2.45, 2.75) is 19.4 Å². The Kier molecular flexibility index (Phi) is 4.44. The Labute approximate surface area is 109 Å². The third kappa shape index (κ3) is 2.76. The predicted octanol–water partition coefficient (Wildman–Crippen LogP) is 1.56. The monoisotopic (exact) mass is 250 g/mol. The Morgan fingerprint density at radius 3 is 3.06 bits per heavy atom. The third-order valence-corrected chi connectivity index (χ3v) is 3.37. The molecule has 100 valence electrons. The van der Waals surface area contributed by atoms with E-state index in [0.717, 1.165) is 37.6 Å². The summed E-state index contributed by atoms with van der Waals surface area (Å²) in [7, 11) is 1.71. The second-order valence-corrected chi connectivity index (χ2v) is 4.67. The first-order valence-corrected chi connectivity index (χ1v) is 6.45. The number of ether oxygens (including phenoxy) is 2. The van der Waals surface area contributed by atoms with Crippen LogP contribution in [0.3, 0.4) is 0 Å². The number of rotatable bonds is 4. The topological polar surface area (TPSA) is 47.7 Å². The average molecular weight is 250 g/mol. The molecule has 0 bridgehead atoms. The Hall–Kier alpha value is -1.26. The van der Waals surface area contributed by atoms with E-state index in [1.54, 1.807) is 7.11 Å². The number of methoxy groups -OCH3 is 1. The molecule has 1 aromatic rings. The van der Waals surface area contributed by atoms with Crippen molar-refractivity contribution in [1.29, 1.82) is 0 Å². The minimum absolute atomic E-state index is 0.347. The molecule has 0 aromatic heterocycles. The number of aryl methyl sites for hydroxylation is 1. The highest BCUT2D eigenvalue weighted by atomic mass is 16.5. The standard InChI is InChI=1S/C14H22N2O2/c1-11-3-4-14(17-2)13(9-11)16-7-8-18-10-12(16)5-6-15/h3-4,9,12H,5-8,10,15H2,1-2H3. The Morgan fingerprint density at radius 2 is 2.33 bits per heavy atom. The van der Waals surface area contributed by atoms with Gasteiger partial charge in [0.15, 0.2) is 0 Å². The molecule has 0 aliphatic carbocycles. The van der Waals surface area contributed by atoms with E-state index in [0.29, 0.717) is 12.6 Å². The first-order valence-electron chi connectivity index (χ1n) is 6.45. The van der Waals surface area contributed by atoms with Gasteiger partial charge in [-0.05, 0) is 37.6 Å². The Morgan fingerprint density at radius 1 is 1.50 bits per heavy atom. The van der Waals surface area contributed by atoms with Crippen LogP contribution < -0.4 is 15.4 Å². The van der Waals surface area contributed by atoms with Gasteiger partial charge in [-0.3, -0.25) is 0 Å². The molecule has 1 heterocycles. The molecule has 1 unspecified atom stereocenters. The summed E-state index contributed by atoms with van der Waals surface area (Å²) < 4.78 is 11.0. The molecule has 1 saturated heterocycles. The summed E-state index contributed by atoms with van der Waals surface area (Å²) in [5.41, 5.74) is 8.08. The van der Waals surface area contributed by atoms with E-state index in [9.17, 15) is 0 Å². The second-order valence-electron chi connectivity index (χ2n) is 4.67. The van der Waals surface area contributed by atoms with Crippen molar-refractivity contribution in [2.24, 2.45) is 5.73 Å². The van der Waals surface area contributed by atoms with Crippen LogP contribution in [-0.4, -0.2) is 39.5 Å². The van der Waals surface area contributed by atoms with Crippen molar-refractivity contribution in [1.82, 2.24) is 0 Å². The average Bonchev–Trinajstić information content (AvgIpc) is 2.40. The molecule has 2 N–H and O–H groups in total. The van der Waals surface area contributed by atoms with Crippen LogP contribution in [0.25, 0.3) is 0 Å². The zero-order valence-corrected chi connectivity index (χ0v) is 11.2. The summed E-state index contributed by atoms with van der Waals surface area (Å²) >= 11 is 0. The van der Waals surface area contributed by atoms with Gasteiger partial charge >= 0.3 is 0 Å². The van der Waals surface area contributed by atoms with Crippen molar-refractivity contribution in [3.63, 3.8) is 0 Å². The first kappa shape index (κ1) is 13.2. The highest BCUT2D eigenvalue weighted by Crippen LogP contribution is 2.32. The molecule has 0 saturated carbocycles. The molecule has 1 aromatic carbocycles. The number of hydrogen-bond donors (Lipinski definition) is 1. The van der Waals surface area contributed by atoms with Gasteiger partial charge in [-0.15, -0.1) is 0 Å². The van der Waals surface area contributed by atoms with Crippen molar-refractivity contribution in [3.8, 4) is 5.75 Å². The first-order chi connectivity index (χ1) is 8.76. The molecule has 0 amide bonds. The number of hydrogen-bond acceptors (Lipinski definition) is 4. The van der Waals surface area contributed by atoms with Crippen LogP contribution in [0.2, 0.25) is 0 Å². The summed E-state index contributed by atoms with van der Waals surface area (Å²) in [6.45, 7) is 5.18. The molecule has 4 nitrogen and oxygen atoms in total. The van der Waals surface area contributed by atoms with Crippen LogP contribution >= 0.6 is 0 Å². The fraction of sp³-hybridized carbons (Fsp3) is 0.571. The van der Waals surface area contributed by atoms with E-state index < -0.39 is 0 Å². The number of anilines is 1. The molecule has 1 aliphatic rings. The largest absolute Gasteiger partial charge is 0.495 e. The number of nitrogens with two attached hydrogens (primary N) is 1. The zero-order valence-electron chi connectivity index (χ0n) is 11.2. The van der Waals surface area contributed by atoms with Gasteiger partial charge in [0.1, 0.15) is 5.75 Å². The molecule has 0 radical (unpaired) electrons. The smallest absolute Gasteiger partial charge is 0.142 e. The molecule has 1 atom stereocenters. The van der Waals surface area contributed by atoms with E-state index in [1.807, 2.05) is 6.07 Å². The number of benzene rings is 1. The molecular weight excluding hydrogens is 228 g/mol. The van der Waals surface area contributed by atoms with Gasteiger partial charge in [0.25, 0.3) is 0 Å². The Balaban J connectivity index is 2.29. The van der Waals surface area contributed by atoms with Gasteiger partial charge in [0.2, 0.25) is 0 Å². The fourth-order valence-electron chi connectivity index (χ4n) is 2.43. The molecule has 1 fully saturated rings. The van der Waals surface area contributed by atoms with Gasteiger partial charge in [-0.25, -0.2) is 0 Å².